The first-order valence-electron chi connectivity index (χ1n) is 8.18. The molecule has 0 aliphatic carbocycles. The Balaban J connectivity index is 1.67. The number of thioether (sulfide) groups is 1. The van der Waals surface area contributed by atoms with Gasteiger partial charge in [-0.2, -0.15) is 0 Å². The largest absolute Gasteiger partial charge is 0.326 e. The number of hydrogen-bond donors (Lipinski definition) is 1. The van der Waals surface area contributed by atoms with E-state index in [-0.39, 0.29) is 24.1 Å². The molecule has 1 fully saturated rings. The number of rotatable bonds is 4. The van der Waals surface area contributed by atoms with Gasteiger partial charge in [-0.1, -0.05) is 29.4 Å². The van der Waals surface area contributed by atoms with Crippen molar-refractivity contribution in [3.05, 3.63) is 58.9 Å². The number of anilines is 1. The molecule has 2 aromatic rings. The number of aryl methyl sites for hydroxylation is 1. The molecule has 2 aromatic carbocycles. The average molecular weight is 406 g/mol. The number of nitrogens with one attached hydrogen (secondary N) is 1. The lowest BCUT2D eigenvalue weighted by Gasteiger charge is -2.09. The molecule has 0 radical (unpaired) electrons. The molecule has 1 heterocycles. The zero-order valence-corrected chi connectivity index (χ0v) is 16.3. The number of nitrogens with zero attached hydrogens (tertiary/aromatic N) is 2. The topological polar surface area (TPSA) is 61.8 Å². The van der Waals surface area contributed by atoms with E-state index >= 15 is 0 Å². The molecule has 0 unspecified atom stereocenters. The molecule has 27 heavy (non-hydrogen) atoms. The van der Waals surface area contributed by atoms with Gasteiger partial charge in [0.15, 0.2) is 5.17 Å². The molecular formula is C19H17ClFN3O2S. The first kappa shape index (κ1) is 19.4. The van der Waals surface area contributed by atoms with Crippen LogP contribution in [0, 0.1) is 12.7 Å². The Morgan fingerprint density at radius 3 is 2.67 bits per heavy atom. The van der Waals surface area contributed by atoms with E-state index in [4.69, 9.17) is 11.6 Å². The van der Waals surface area contributed by atoms with Crippen molar-refractivity contribution in [2.75, 3.05) is 12.4 Å². The average Bonchev–Trinajstić information content (AvgIpc) is 2.88. The molecule has 2 amide bonds. The van der Waals surface area contributed by atoms with Gasteiger partial charge in [-0.05, 0) is 48.9 Å². The van der Waals surface area contributed by atoms with Crippen molar-refractivity contribution in [1.29, 1.82) is 0 Å². The molecule has 1 atom stereocenters. The minimum Gasteiger partial charge on any atom is -0.326 e. The van der Waals surface area contributed by atoms with E-state index in [1.54, 1.807) is 13.1 Å². The van der Waals surface area contributed by atoms with Crippen LogP contribution in [-0.2, 0) is 9.59 Å². The van der Waals surface area contributed by atoms with E-state index in [0.717, 1.165) is 5.56 Å². The fourth-order valence-corrected chi connectivity index (χ4v) is 3.80. The molecule has 0 aromatic heterocycles. The minimum absolute atomic E-state index is 0.00110. The number of carbonyl (C=O) groups is 2. The van der Waals surface area contributed by atoms with Gasteiger partial charge in [0.05, 0.1) is 5.69 Å². The van der Waals surface area contributed by atoms with Crippen molar-refractivity contribution in [2.24, 2.45) is 4.99 Å². The van der Waals surface area contributed by atoms with Crippen LogP contribution in [0.1, 0.15) is 12.0 Å². The maximum atomic E-state index is 12.9. The van der Waals surface area contributed by atoms with Crippen LogP contribution < -0.4 is 5.32 Å². The maximum Gasteiger partial charge on any atom is 0.242 e. The molecule has 1 N–H and O–H groups in total. The van der Waals surface area contributed by atoms with Gasteiger partial charge < -0.3 is 5.32 Å². The predicted molar refractivity (Wildman–Crippen MR) is 107 cm³/mol. The van der Waals surface area contributed by atoms with Gasteiger partial charge in [0, 0.05) is 24.2 Å². The summed E-state index contributed by atoms with van der Waals surface area (Å²) in [6.45, 7) is 1.90. The van der Waals surface area contributed by atoms with E-state index in [1.165, 1.54) is 40.9 Å². The Kier molecular flexibility index (Phi) is 5.82. The lowest BCUT2D eigenvalue weighted by atomic mass is 10.2. The van der Waals surface area contributed by atoms with Crippen LogP contribution in [0.3, 0.4) is 0 Å². The van der Waals surface area contributed by atoms with Crippen molar-refractivity contribution < 1.29 is 14.0 Å². The van der Waals surface area contributed by atoms with Gasteiger partial charge in [0.2, 0.25) is 11.8 Å². The smallest absolute Gasteiger partial charge is 0.242 e. The van der Waals surface area contributed by atoms with Crippen molar-refractivity contribution >= 4 is 51.7 Å². The Bertz CT molecular complexity index is 918. The second kappa shape index (κ2) is 8.10. The third kappa shape index (κ3) is 4.67. The highest BCUT2D eigenvalue weighted by atomic mass is 35.5. The number of amidine groups is 1. The van der Waals surface area contributed by atoms with Crippen molar-refractivity contribution in [1.82, 2.24) is 4.90 Å². The quantitative estimate of drug-likeness (QED) is 0.821. The summed E-state index contributed by atoms with van der Waals surface area (Å²) in [7, 11) is 1.63. The molecule has 0 bridgehead atoms. The molecule has 140 valence electrons. The highest BCUT2D eigenvalue weighted by Crippen LogP contribution is 2.31. The molecule has 5 nitrogen and oxygen atoms in total. The normalized spacial score (nSPS) is 18.2. The highest BCUT2D eigenvalue weighted by molar-refractivity contribution is 8.15. The van der Waals surface area contributed by atoms with E-state index in [2.05, 4.69) is 10.3 Å². The third-order valence-corrected chi connectivity index (χ3v) is 5.66. The Morgan fingerprint density at radius 2 is 2.00 bits per heavy atom. The molecule has 1 aliphatic heterocycles. The van der Waals surface area contributed by atoms with E-state index in [1.807, 2.05) is 19.1 Å². The van der Waals surface area contributed by atoms with Crippen LogP contribution in [0.15, 0.2) is 47.5 Å². The van der Waals surface area contributed by atoms with E-state index in [0.29, 0.717) is 21.6 Å². The molecule has 1 aliphatic rings. The van der Waals surface area contributed by atoms with Gasteiger partial charge in [-0.3, -0.25) is 14.5 Å². The summed E-state index contributed by atoms with van der Waals surface area (Å²) in [5, 5.41) is 3.22. The Labute approximate surface area is 165 Å². The summed E-state index contributed by atoms with van der Waals surface area (Å²) in [6.07, 6.45) is -0.00110. The number of benzene rings is 2. The van der Waals surface area contributed by atoms with Crippen LogP contribution in [-0.4, -0.2) is 34.2 Å². The lowest BCUT2D eigenvalue weighted by molar-refractivity contribution is -0.127. The summed E-state index contributed by atoms with van der Waals surface area (Å²) in [4.78, 5) is 30.5. The second-order valence-corrected chi connectivity index (χ2v) is 7.67. The predicted octanol–water partition coefficient (Wildman–Crippen LogP) is 4.38. The van der Waals surface area contributed by atoms with Crippen molar-refractivity contribution in [3.63, 3.8) is 0 Å². The van der Waals surface area contributed by atoms with Crippen molar-refractivity contribution in [2.45, 2.75) is 18.6 Å². The van der Waals surface area contributed by atoms with Gasteiger partial charge in [0.25, 0.3) is 0 Å². The number of carbonyl (C=O) groups excluding carboxylic acids is 2. The summed E-state index contributed by atoms with van der Waals surface area (Å²) >= 11 is 7.35. The minimum atomic E-state index is -0.560. The van der Waals surface area contributed by atoms with Gasteiger partial charge >= 0.3 is 0 Å². The van der Waals surface area contributed by atoms with Crippen molar-refractivity contribution in [3.8, 4) is 0 Å². The van der Waals surface area contributed by atoms with Crippen LogP contribution in [0.25, 0.3) is 0 Å². The standard InChI is InChI=1S/C19H17ClFN3O2S/c1-11-3-6-14(9-15(11)20)23-19-24(2)18(26)16(27-19)10-17(25)22-13-7-4-12(21)5-8-13/h3-9,16H,10H2,1-2H3,(H,22,25)/t16-/m0/s1. The van der Waals surface area contributed by atoms with E-state index in [9.17, 15) is 14.0 Å². The number of halogens is 2. The Hall–Kier alpha value is -2.38. The van der Waals surface area contributed by atoms with Crippen LogP contribution in [0.2, 0.25) is 5.02 Å². The van der Waals surface area contributed by atoms with Crippen LogP contribution in [0.4, 0.5) is 15.8 Å². The van der Waals surface area contributed by atoms with Crippen LogP contribution >= 0.6 is 23.4 Å². The second-order valence-electron chi connectivity index (χ2n) is 6.09. The zero-order valence-electron chi connectivity index (χ0n) is 14.7. The molecular weight excluding hydrogens is 389 g/mol. The highest BCUT2D eigenvalue weighted by Gasteiger charge is 2.37. The maximum absolute atomic E-state index is 12.9. The third-order valence-electron chi connectivity index (χ3n) is 4.02. The van der Waals surface area contributed by atoms with E-state index < -0.39 is 5.25 Å². The first-order chi connectivity index (χ1) is 12.8. The van der Waals surface area contributed by atoms with Crippen LogP contribution in [0.5, 0.6) is 0 Å². The summed E-state index contributed by atoms with van der Waals surface area (Å²) in [5.41, 5.74) is 2.07. The summed E-state index contributed by atoms with van der Waals surface area (Å²) < 4.78 is 12.9. The van der Waals surface area contributed by atoms with Gasteiger partial charge in [-0.15, -0.1) is 0 Å². The SMILES string of the molecule is Cc1ccc(N=C2S[C@@H](CC(=O)Nc3ccc(F)cc3)C(=O)N2C)cc1Cl. The molecule has 1 saturated heterocycles. The molecule has 0 spiro atoms. The Morgan fingerprint density at radius 1 is 1.30 bits per heavy atom. The number of amides is 2. The molecule has 3 rings (SSSR count). The lowest BCUT2D eigenvalue weighted by Crippen LogP contribution is -2.30. The number of aliphatic imine (C=N–C) groups is 1. The number of hydrogen-bond acceptors (Lipinski definition) is 4. The first-order valence-corrected chi connectivity index (χ1v) is 9.44. The van der Waals surface area contributed by atoms with Gasteiger partial charge in [-0.25, -0.2) is 9.38 Å². The van der Waals surface area contributed by atoms with Gasteiger partial charge in [0.1, 0.15) is 11.1 Å². The summed E-state index contributed by atoms with van der Waals surface area (Å²) in [6, 6.07) is 10.9. The summed E-state index contributed by atoms with van der Waals surface area (Å²) in [5.74, 6) is -0.889. The fourth-order valence-electron chi connectivity index (χ4n) is 2.47. The zero-order chi connectivity index (χ0) is 19.6. The molecule has 0 saturated carbocycles. The molecule has 8 heteroatoms. The monoisotopic (exact) mass is 405 g/mol. The fraction of sp³-hybridized carbons (Fsp3) is 0.211.